The second-order valence-corrected chi connectivity index (χ2v) is 5.68. The Morgan fingerprint density at radius 3 is 2.47 bits per heavy atom. The van der Waals surface area contributed by atoms with Gasteiger partial charge in [0.2, 0.25) is 0 Å². The van der Waals surface area contributed by atoms with Crippen molar-refractivity contribution in [3.8, 4) is 0 Å². The summed E-state index contributed by atoms with van der Waals surface area (Å²) in [5.41, 5.74) is 2.99. The van der Waals surface area contributed by atoms with Crippen LogP contribution >= 0.6 is 34.8 Å². The number of aryl methyl sites for hydroxylation is 1. The lowest BCUT2D eigenvalue weighted by atomic mass is 10.1. The van der Waals surface area contributed by atoms with Crippen molar-refractivity contribution in [2.45, 2.75) is 19.9 Å². The minimum atomic E-state index is 0.0190. The van der Waals surface area contributed by atoms with Gasteiger partial charge in [-0.05, 0) is 43.2 Å². The number of rotatable bonds is 3. The predicted octanol–water partition coefficient (Wildman–Crippen LogP) is 6.13. The monoisotopic (exact) mass is 313 g/mol. The first-order valence-electron chi connectivity index (χ1n) is 5.95. The van der Waals surface area contributed by atoms with Crippen LogP contribution in [0, 0.1) is 6.92 Å². The van der Waals surface area contributed by atoms with Crippen LogP contribution in [0.15, 0.2) is 36.4 Å². The molecule has 1 atom stereocenters. The van der Waals surface area contributed by atoms with E-state index in [1.807, 2.05) is 44.2 Å². The average Bonchev–Trinajstić information content (AvgIpc) is 2.37. The summed E-state index contributed by atoms with van der Waals surface area (Å²) >= 11 is 18.4. The quantitative estimate of drug-likeness (QED) is 0.718. The molecule has 4 heteroatoms. The molecule has 0 heterocycles. The zero-order valence-electron chi connectivity index (χ0n) is 10.7. The summed E-state index contributed by atoms with van der Waals surface area (Å²) in [5.74, 6) is 0. The molecule has 2 aromatic rings. The van der Waals surface area contributed by atoms with Crippen LogP contribution in [0.4, 0.5) is 5.69 Å². The number of nitrogens with one attached hydrogen (secondary N) is 1. The van der Waals surface area contributed by atoms with Crippen molar-refractivity contribution in [2.24, 2.45) is 0 Å². The number of hydrogen-bond donors (Lipinski definition) is 1. The molecule has 0 bridgehead atoms. The van der Waals surface area contributed by atoms with E-state index in [0.717, 1.165) is 16.8 Å². The summed E-state index contributed by atoms with van der Waals surface area (Å²) in [6.07, 6.45) is 0. The maximum Gasteiger partial charge on any atom is 0.0644 e. The molecule has 2 rings (SSSR count). The highest BCUT2D eigenvalue weighted by molar-refractivity contribution is 6.42. The lowest BCUT2D eigenvalue weighted by molar-refractivity contribution is 0.885. The zero-order valence-corrected chi connectivity index (χ0v) is 12.9. The van der Waals surface area contributed by atoms with E-state index in [1.165, 1.54) is 0 Å². The van der Waals surface area contributed by atoms with Gasteiger partial charge in [0.1, 0.15) is 0 Å². The minimum absolute atomic E-state index is 0.0190. The molecule has 0 aliphatic heterocycles. The Balaban J connectivity index is 2.28. The van der Waals surface area contributed by atoms with E-state index in [1.54, 1.807) is 6.07 Å². The van der Waals surface area contributed by atoms with Crippen LogP contribution in [0.25, 0.3) is 0 Å². The van der Waals surface area contributed by atoms with E-state index >= 15 is 0 Å². The molecule has 0 spiro atoms. The van der Waals surface area contributed by atoms with Crippen LogP contribution in [0.1, 0.15) is 24.1 Å². The van der Waals surface area contributed by atoms with Crippen molar-refractivity contribution >= 4 is 40.5 Å². The third kappa shape index (κ3) is 3.36. The van der Waals surface area contributed by atoms with Crippen molar-refractivity contribution < 1.29 is 0 Å². The van der Waals surface area contributed by atoms with Gasteiger partial charge in [-0.2, -0.15) is 0 Å². The Hall–Kier alpha value is -0.890. The summed E-state index contributed by atoms with van der Waals surface area (Å²) in [6, 6.07) is 11.5. The van der Waals surface area contributed by atoms with Gasteiger partial charge >= 0.3 is 0 Å². The van der Waals surface area contributed by atoms with E-state index in [4.69, 9.17) is 34.8 Å². The van der Waals surface area contributed by atoms with Crippen LogP contribution in [-0.2, 0) is 0 Å². The van der Waals surface area contributed by atoms with Crippen molar-refractivity contribution in [3.63, 3.8) is 0 Å². The zero-order chi connectivity index (χ0) is 14.0. The lowest BCUT2D eigenvalue weighted by Gasteiger charge is -2.18. The molecule has 1 N–H and O–H groups in total. The third-order valence-electron chi connectivity index (χ3n) is 2.94. The van der Waals surface area contributed by atoms with Crippen molar-refractivity contribution in [2.75, 3.05) is 5.32 Å². The van der Waals surface area contributed by atoms with Crippen LogP contribution < -0.4 is 5.32 Å². The molecule has 0 fully saturated rings. The third-order valence-corrected chi connectivity index (χ3v) is 4.10. The highest BCUT2D eigenvalue weighted by Gasteiger charge is 2.13. The largest absolute Gasteiger partial charge is 0.377 e. The van der Waals surface area contributed by atoms with Gasteiger partial charge in [0.05, 0.1) is 26.8 Å². The van der Waals surface area contributed by atoms with Gasteiger partial charge in [0.15, 0.2) is 0 Å². The molecular weight excluding hydrogens is 301 g/mol. The van der Waals surface area contributed by atoms with Crippen LogP contribution in [0.3, 0.4) is 0 Å². The Morgan fingerprint density at radius 2 is 1.74 bits per heavy atom. The highest BCUT2D eigenvalue weighted by atomic mass is 35.5. The number of anilines is 1. The predicted molar refractivity (Wildman–Crippen MR) is 84.7 cm³/mol. The first-order valence-corrected chi connectivity index (χ1v) is 7.09. The maximum absolute atomic E-state index is 6.22. The molecule has 2 aromatic carbocycles. The van der Waals surface area contributed by atoms with E-state index < -0.39 is 0 Å². The Bertz CT molecular complexity index is 596. The van der Waals surface area contributed by atoms with Gasteiger partial charge in [0, 0.05) is 0 Å². The molecular formula is C15H14Cl3N. The van der Waals surface area contributed by atoms with Crippen molar-refractivity contribution in [1.29, 1.82) is 0 Å². The average molecular weight is 315 g/mol. The van der Waals surface area contributed by atoms with E-state index in [-0.39, 0.29) is 6.04 Å². The second-order valence-electron chi connectivity index (χ2n) is 4.49. The number of hydrogen-bond acceptors (Lipinski definition) is 1. The summed E-state index contributed by atoms with van der Waals surface area (Å²) in [4.78, 5) is 0. The Labute approximate surface area is 128 Å². The van der Waals surface area contributed by atoms with E-state index in [2.05, 4.69) is 5.32 Å². The highest BCUT2D eigenvalue weighted by Crippen LogP contribution is 2.33. The van der Waals surface area contributed by atoms with Gasteiger partial charge in [0.25, 0.3) is 0 Å². The molecule has 1 unspecified atom stereocenters. The van der Waals surface area contributed by atoms with Gasteiger partial charge in [-0.15, -0.1) is 0 Å². The molecule has 0 aliphatic carbocycles. The van der Waals surface area contributed by atoms with Crippen molar-refractivity contribution in [1.82, 2.24) is 0 Å². The molecule has 0 saturated carbocycles. The molecule has 100 valence electrons. The van der Waals surface area contributed by atoms with Gasteiger partial charge in [-0.1, -0.05) is 53.0 Å². The van der Waals surface area contributed by atoms with Crippen LogP contribution in [0.2, 0.25) is 15.1 Å². The summed E-state index contributed by atoms with van der Waals surface area (Å²) in [7, 11) is 0. The molecule has 0 amide bonds. The van der Waals surface area contributed by atoms with Gasteiger partial charge in [-0.3, -0.25) is 0 Å². The lowest BCUT2D eigenvalue weighted by Crippen LogP contribution is -2.07. The second kappa shape index (κ2) is 6.04. The van der Waals surface area contributed by atoms with E-state index in [9.17, 15) is 0 Å². The Morgan fingerprint density at radius 1 is 1.00 bits per heavy atom. The van der Waals surface area contributed by atoms with E-state index in [0.29, 0.717) is 15.1 Å². The molecule has 0 saturated heterocycles. The smallest absolute Gasteiger partial charge is 0.0644 e. The first-order chi connectivity index (χ1) is 8.99. The minimum Gasteiger partial charge on any atom is -0.377 e. The molecule has 1 nitrogen and oxygen atoms in total. The number of halogens is 3. The first kappa shape index (κ1) is 14.5. The SMILES string of the molecule is Cc1ccc(Cl)c(NC(C)c2cccc(Cl)c2Cl)c1. The normalized spacial score (nSPS) is 12.3. The van der Waals surface area contributed by atoms with Crippen molar-refractivity contribution in [3.05, 3.63) is 62.6 Å². The molecule has 19 heavy (non-hydrogen) atoms. The van der Waals surface area contributed by atoms with Gasteiger partial charge in [-0.25, -0.2) is 0 Å². The standard InChI is InChI=1S/C15H14Cl3N/c1-9-6-7-12(16)14(8-9)19-10(2)11-4-3-5-13(17)15(11)18/h3-8,10,19H,1-2H3. The fourth-order valence-electron chi connectivity index (χ4n) is 1.92. The van der Waals surface area contributed by atoms with Crippen LogP contribution in [-0.4, -0.2) is 0 Å². The summed E-state index contributed by atoms with van der Waals surface area (Å²) in [5, 5.41) is 5.19. The molecule has 0 aromatic heterocycles. The summed E-state index contributed by atoms with van der Waals surface area (Å²) < 4.78 is 0. The fourth-order valence-corrected chi connectivity index (χ4v) is 2.56. The maximum atomic E-state index is 6.22. The summed E-state index contributed by atoms with van der Waals surface area (Å²) in [6.45, 7) is 4.05. The number of benzene rings is 2. The topological polar surface area (TPSA) is 12.0 Å². The molecule has 0 radical (unpaired) electrons. The van der Waals surface area contributed by atoms with Crippen LogP contribution in [0.5, 0.6) is 0 Å². The fraction of sp³-hybridized carbons (Fsp3) is 0.200. The van der Waals surface area contributed by atoms with Gasteiger partial charge < -0.3 is 5.32 Å². The molecule has 0 aliphatic rings. The Kier molecular flexibility index (Phi) is 4.62.